The van der Waals surface area contributed by atoms with Crippen LogP contribution in [-0.4, -0.2) is 0 Å². The molecule has 0 bridgehead atoms. The molecule has 14 rings (SSSR count). The second-order valence-corrected chi connectivity index (χ2v) is 21.0. The maximum Gasteiger partial charge on any atom is 0.131 e. The van der Waals surface area contributed by atoms with E-state index >= 15 is 8.78 Å². The molecule has 0 fully saturated rings. The van der Waals surface area contributed by atoms with Crippen LogP contribution in [0.3, 0.4) is 0 Å². The van der Waals surface area contributed by atoms with E-state index in [1.165, 1.54) is 44.5 Å². The third-order valence-corrected chi connectivity index (χ3v) is 16.4. The van der Waals surface area contributed by atoms with Crippen molar-refractivity contribution in [2.24, 2.45) is 0 Å². The lowest BCUT2D eigenvalue weighted by Gasteiger charge is -2.33. The monoisotopic (exact) mass is 956 g/mol. The van der Waals surface area contributed by atoms with Crippen molar-refractivity contribution in [3.05, 3.63) is 264 Å². The van der Waals surface area contributed by atoms with E-state index < -0.39 is 0 Å². The van der Waals surface area contributed by atoms with Gasteiger partial charge in [0, 0.05) is 55.0 Å². The summed E-state index contributed by atoms with van der Waals surface area (Å²) in [6.45, 7) is 9.25. The lowest BCUT2D eigenvalue weighted by Crippen LogP contribution is -2.16. The van der Waals surface area contributed by atoms with E-state index in [4.69, 9.17) is 0 Å². The number of hydrogen-bond acceptors (Lipinski definition) is 2. The second-order valence-electron chi connectivity index (χ2n) is 21.0. The van der Waals surface area contributed by atoms with Gasteiger partial charge in [0.2, 0.25) is 0 Å². The Morgan fingerprint density at radius 2 is 0.595 bits per heavy atom. The van der Waals surface area contributed by atoms with Crippen molar-refractivity contribution < 1.29 is 8.78 Å². The fourth-order valence-corrected chi connectivity index (χ4v) is 12.9. The van der Waals surface area contributed by atoms with Crippen LogP contribution < -0.4 is 9.80 Å². The van der Waals surface area contributed by atoms with Gasteiger partial charge in [-0.25, -0.2) is 8.78 Å². The van der Waals surface area contributed by atoms with E-state index in [2.05, 4.69) is 195 Å². The summed E-state index contributed by atoms with van der Waals surface area (Å²) in [6, 6.07) is 79.6. The van der Waals surface area contributed by atoms with E-state index in [-0.39, 0.29) is 22.5 Å². The summed E-state index contributed by atoms with van der Waals surface area (Å²) in [5.74, 6) is -0.547. The van der Waals surface area contributed by atoms with Gasteiger partial charge in [-0.1, -0.05) is 210 Å². The van der Waals surface area contributed by atoms with Crippen LogP contribution in [0.5, 0.6) is 0 Å². The van der Waals surface area contributed by atoms with Gasteiger partial charge in [0.15, 0.2) is 0 Å². The van der Waals surface area contributed by atoms with Crippen molar-refractivity contribution in [1.29, 1.82) is 0 Å². The highest BCUT2D eigenvalue weighted by Gasteiger charge is 2.40. The Balaban J connectivity index is 1.07. The standard InChI is InChI=1S/C70H50F2N2/c1-69(2)53-25-11-5-23-49(53)67-55(69)27-17-33-63(67)73(59-31-15-9-21-47(59)45-19-7-13-29-57(45)71)61-41-37-43-36-40-52-62(42-38-44-35-39-51(61)65(43)66(44)52)74(60-32-16-10-22-48(60)46-20-8-14-30-58(46)72)64-34-18-28-56-68(64)50-24-6-12-26-54(50)70(56,3)4/h5-42H,1-4H3. The molecule has 0 saturated carbocycles. The smallest absolute Gasteiger partial charge is 0.131 e. The summed E-state index contributed by atoms with van der Waals surface area (Å²) < 4.78 is 32.4. The van der Waals surface area contributed by atoms with Crippen LogP contribution in [0, 0.1) is 11.6 Å². The van der Waals surface area contributed by atoms with Gasteiger partial charge >= 0.3 is 0 Å². The Morgan fingerprint density at radius 1 is 0.270 bits per heavy atom. The average Bonchev–Trinajstić information content (AvgIpc) is 3.83. The third kappa shape index (κ3) is 6.27. The molecular formula is C70H50F2N2. The molecule has 0 saturated heterocycles. The van der Waals surface area contributed by atoms with Crippen molar-refractivity contribution in [3.8, 4) is 44.5 Å². The number of fused-ring (bicyclic) bond motifs is 6. The largest absolute Gasteiger partial charge is 0.309 e. The lowest BCUT2D eigenvalue weighted by atomic mass is 9.82. The molecule has 2 aliphatic carbocycles. The quantitative estimate of drug-likeness (QED) is 0.140. The van der Waals surface area contributed by atoms with Crippen LogP contribution in [0.1, 0.15) is 49.9 Å². The molecule has 0 aromatic heterocycles. The molecule has 0 unspecified atom stereocenters. The van der Waals surface area contributed by atoms with Crippen molar-refractivity contribution in [2.45, 2.75) is 38.5 Å². The zero-order valence-electron chi connectivity index (χ0n) is 41.6. The van der Waals surface area contributed by atoms with Gasteiger partial charge in [-0.2, -0.15) is 0 Å². The number of halogens is 2. The van der Waals surface area contributed by atoms with Gasteiger partial charge in [-0.15, -0.1) is 0 Å². The molecule has 12 aromatic carbocycles. The second kappa shape index (κ2) is 16.3. The van der Waals surface area contributed by atoms with E-state index in [0.29, 0.717) is 11.1 Å². The predicted molar refractivity (Wildman–Crippen MR) is 305 cm³/mol. The summed E-state index contributed by atoms with van der Waals surface area (Å²) in [4.78, 5) is 4.77. The van der Waals surface area contributed by atoms with Gasteiger partial charge in [-0.3, -0.25) is 0 Å². The van der Waals surface area contributed by atoms with Gasteiger partial charge in [0.25, 0.3) is 0 Å². The van der Waals surface area contributed by atoms with Crippen LogP contribution in [0.4, 0.5) is 42.9 Å². The fourth-order valence-electron chi connectivity index (χ4n) is 12.9. The van der Waals surface area contributed by atoms with E-state index in [9.17, 15) is 0 Å². The topological polar surface area (TPSA) is 6.48 Å². The first-order valence-corrected chi connectivity index (χ1v) is 25.6. The molecule has 0 spiro atoms. The maximum absolute atomic E-state index is 16.2. The van der Waals surface area contributed by atoms with Crippen LogP contribution in [0.15, 0.2) is 231 Å². The van der Waals surface area contributed by atoms with Crippen LogP contribution in [0.25, 0.3) is 76.8 Å². The Labute approximate surface area is 430 Å². The number of benzene rings is 12. The summed E-state index contributed by atoms with van der Waals surface area (Å²) in [6.07, 6.45) is 0. The molecule has 0 radical (unpaired) electrons. The molecule has 2 nitrogen and oxygen atoms in total. The van der Waals surface area contributed by atoms with Crippen molar-refractivity contribution in [1.82, 2.24) is 0 Å². The van der Waals surface area contributed by atoms with Crippen LogP contribution >= 0.6 is 0 Å². The molecule has 0 N–H and O–H groups in total. The molecule has 354 valence electrons. The highest BCUT2D eigenvalue weighted by molar-refractivity contribution is 6.28. The lowest BCUT2D eigenvalue weighted by molar-refractivity contribution is 0.631. The average molecular weight is 957 g/mol. The molecule has 4 heteroatoms. The van der Waals surface area contributed by atoms with Crippen molar-refractivity contribution in [3.63, 3.8) is 0 Å². The first-order valence-electron chi connectivity index (χ1n) is 25.6. The highest BCUT2D eigenvalue weighted by Crippen LogP contribution is 2.58. The first-order chi connectivity index (χ1) is 36.1. The number of para-hydroxylation sites is 2. The van der Waals surface area contributed by atoms with E-state index in [1.807, 2.05) is 48.5 Å². The molecule has 12 aromatic rings. The van der Waals surface area contributed by atoms with E-state index in [1.54, 1.807) is 24.3 Å². The Bertz CT molecular complexity index is 3990. The molecule has 0 heterocycles. The molecule has 0 amide bonds. The Hall–Kier alpha value is -8.86. The predicted octanol–water partition coefficient (Wildman–Crippen LogP) is 19.7. The minimum absolute atomic E-state index is 0.245. The van der Waals surface area contributed by atoms with Crippen molar-refractivity contribution in [2.75, 3.05) is 9.80 Å². The zero-order valence-corrected chi connectivity index (χ0v) is 41.6. The molecule has 74 heavy (non-hydrogen) atoms. The van der Waals surface area contributed by atoms with Gasteiger partial charge in [0.05, 0.1) is 34.1 Å². The molecule has 2 aliphatic rings. The van der Waals surface area contributed by atoms with Crippen LogP contribution in [0.2, 0.25) is 0 Å². The maximum atomic E-state index is 16.2. The minimum atomic E-state index is -0.273. The molecular weight excluding hydrogens is 907 g/mol. The van der Waals surface area contributed by atoms with Gasteiger partial charge in [-0.05, 0) is 103 Å². The first kappa shape index (κ1) is 43.9. The Morgan fingerprint density at radius 3 is 1.01 bits per heavy atom. The van der Waals surface area contributed by atoms with Gasteiger partial charge < -0.3 is 9.80 Å². The van der Waals surface area contributed by atoms with Crippen LogP contribution in [-0.2, 0) is 10.8 Å². The third-order valence-electron chi connectivity index (χ3n) is 16.4. The summed E-state index contributed by atoms with van der Waals surface area (Å²) in [5, 5.41) is 6.63. The molecule has 0 atom stereocenters. The SMILES string of the molecule is CC1(C)c2ccccc2-c2c(N(c3ccccc3-c3ccccc3F)c3ccc4ccc5c(N(c6ccccc6-c6ccccc6F)c6cccc7c6-c6ccccc6C7(C)C)ccc6ccc3c4c65)cccc21. The number of nitrogens with zero attached hydrogens (tertiary/aromatic N) is 2. The number of hydrogen-bond donors (Lipinski definition) is 0. The number of rotatable bonds is 8. The van der Waals surface area contributed by atoms with Crippen molar-refractivity contribution >= 4 is 66.4 Å². The highest BCUT2D eigenvalue weighted by atomic mass is 19.1. The Kier molecular flexibility index (Phi) is 9.68. The van der Waals surface area contributed by atoms with Gasteiger partial charge in [0.1, 0.15) is 11.6 Å². The minimum Gasteiger partial charge on any atom is -0.309 e. The summed E-state index contributed by atoms with van der Waals surface area (Å²) in [7, 11) is 0. The molecule has 0 aliphatic heterocycles. The van der Waals surface area contributed by atoms with E-state index in [0.717, 1.165) is 77.6 Å². The normalized spacial score (nSPS) is 13.8. The summed E-state index contributed by atoms with van der Waals surface area (Å²) >= 11 is 0. The fraction of sp³-hybridized carbons (Fsp3) is 0.0857. The zero-order chi connectivity index (χ0) is 50.0. The summed E-state index contributed by atoms with van der Waals surface area (Å²) in [5.41, 5.74) is 17.8. The number of anilines is 6.